The zero-order valence-corrected chi connectivity index (χ0v) is 14.9. The standard InChI is InChI=1S/C19H25NO5/c1-13(2)10-15-4-6-16(7-5-15)14(3)20-18(21)12-25-19(22)17-11-23-8-9-24-17/h4-7,11,13-14H,8-10,12H2,1-3H3,(H,20,21)/t14-/m1/s1. The van der Waals surface area contributed by atoms with Crippen LogP contribution in [0.15, 0.2) is 36.3 Å². The van der Waals surface area contributed by atoms with E-state index in [0.717, 1.165) is 12.0 Å². The first-order valence-electron chi connectivity index (χ1n) is 8.45. The maximum atomic E-state index is 11.9. The van der Waals surface area contributed by atoms with E-state index in [9.17, 15) is 9.59 Å². The molecule has 1 amide bonds. The van der Waals surface area contributed by atoms with Crippen molar-refractivity contribution < 1.29 is 23.8 Å². The van der Waals surface area contributed by atoms with Gasteiger partial charge in [-0.1, -0.05) is 38.1 Å². The number of benzene rings is 1. The minimum absolute atomic E-state index is 0.0205. The number of carbonyl (C=O) groups is 2. The van der Waals surface area contributed by atoms with Crippen LogP contribution < -0.4 is 5.32 Å². The number of rotatable bonds is 7. The number of ether oxygens (including phenoxy) is 3. The van der Waals surface area contributed by atoms with E-state index in [1.165, 1.54) is 11.8 Å². The average molecular weight is 347 g/mol. The van der Waals surface area contributed by atoms with Crippen LogP contribution in [0.1, 0.15) is 37.9 Å². The van der Waals surface area contributed by atoms with Crippen molar-refractivity contribution in [2.45, 2.75) is 33.2 Å². The largest absolute Gasteiger partial charge is 0.493 e. The van der Waals surface area contributed by atoms with Gasteiger partial charge >= 0.3 is 5.97 Å². The quantitative estimate of drug-likeness (QED) is 0.767. The SMILES string of the molecule is CC(C)Cc1ccc([C@@H](C)NC(=O)COC(=O)C2=COCCO2)cc1. The van der Waals surface area contributed by atoms with Gasteiger partial charge in [0, 0.05) is 0 Å². The minimum Gasteiger partial charge on any atom is -0.493 e. The van der Waals surface area contributed by atoms with Gasteiger partial charge in [-0.25, -0.2) is 4.79 Å². The molecule has 1 atom stereocenters. The van der Waals surface area contributed by atoms with E-state index in [1.807, 2.05) is 19.1 Å². The van der Waals surface area contributed by atoms with Crippen LogP contribution in [0.5, 0.6) is 0 Å². The second-order valence-corrected chi connectivity index (χ2v) is 6.41. The number of amides is 1. The summed E-state index contributed by atoms with van der Waals surface area (Å²) in [5.74, 6) is -0.496. The molecule has 2 rings (SSSR count). The van der Waals surface area contributed by atoms with Crippen molar-refractivity contribution >= 4 is 11.9 Å². The Bertz CT molecular complexity index is 621. The Balaban J connectivity index is 1.79. The molecule has 1 aliphatic rings. The third-order valence-electron chi connectivity index (χ3n) is 3.69. The maximum absolute atomic E-state index is 11.9. The van der Waals surface area contributed by atoms with Crippen LogP contribution in [0, 0.1) is 5.92 Å². The lowest BCUT2D eigenvalue weighted by Gasteiger charge is -2.16. The fourth-order valence-electron chi connectivity index (χ4n) is 2.46. The van der Waals surface area contributed by atoms with Crippen molar-refractivity contribution in [2.24, 2.45) is 5.92 Å². The highest BCUT2D eigenvalue weighted by atomic mass is 16.6. The molecular formula is C19H25NO5. The minimum atomic E-state index is -0.708. The summed E-state index contributed by atoms with van der Waals surface area (Å²) >= 11 is 0. The topological polar surface area (TPSA) is 73.9 Å². The van der Waals surface area contributed by atoms with E-state index in [0.29, 0.717) is 12.5 Å². The highest BCUT2D eigenvalue weighted by molar-refractivity contribution is 5.88. The van der Waals surface area contributed by atoms with Gasteiger partial charge in [-0.3, -0.25) is 4.79 Å². The summed E-state index contributed by atoms with van der Waals surface area (Å²) in [4.78, 5) is 23.7. The van der Waals surface area contributed by atoms with Gasteiger partial charge in [-0.2, -0.15) is 0 Å². The summed E-state index contributed by atoms with van der Waals surface area (Å²) in [6, 6.07) is 7.99. The van der Waals surface area contributed by atoms with Gasteiger partial charge in [0.1, 0.15) is 19.5 Å². The van der Waals surface area contributed by atoms with Crippen LogP contribution in [0.3, 0.4) is 0 Å². The molecule has 1 aromatic carbocycles. The number of nitrogens with one attached hydrogen (secondary N) is 1. The molecule has 6 nitrogen and oxygen atoms in total. The fraction of sp³-hybridized carbons (Fsp3) is 0.474. The Hall–Kier alpha value is -2.50. The van der Waals surface area contributed by atoms with Crippen LogP contribution >= 0.6 is 0 Å². The maximum Gasteiger partial charge on any atom is 0.377 e. The Kier molecular flexibility index (Phi) is 6.86. The van der Waals surface area contributed by atoms with Gasteiger partial charge in [-0.05, 0) is 30.4 Å². The second kappa shape index (κ2) is 9.11. The molecule has 1 aliphatic heterocycles. The third kappa shape index (κ3) is 6.14. The second-order valence-electron chi connectivity index (χ2n) is 6.41. The molecule has 0 bridgehead atoms. The summed E-state index contributed by atoms with van der Waals surface area (Å²) in [5, 5.41) is 2.81. The summed E-state index contributed by atoms with van der Waals surface area (Å²) < 4.78 is 15.0. The monoisotopic (exact) mass is 347 g/mol. The van der Waals surface area contributed by atoms with Crippen molar-refractivity contribution in [2.75, 3.05) is 19.8 Å². The number of hydrogen-bond acceptors (Lipinski definition) is 5. The van der Waals surface area contributed by atoms with Crippen LogP contribution in [0.2, 0.25) is 0 Å². The Morgan fingerprint density at radius 1 is 1.16 bits per heavy atom. The van der Waals surface area contributed by atoms with Crippen LogP contribution in [0.25, 0.3) is 0 Å². The van der Waals surface area contributed by atoms with Crippen molar-refractivity contribution in [1.29, 1.82) is 0 Å². The molecule has 25 heavy (non-hydrogen) atoms. The van der Waals surface area contributed by atoms with E-state index in [2.05, 4.69) is 31.3 Å². The van der Waals surface area contributed by atoms with Gasteiger partial charge in [0.2, 0.25) is 5.76 Å². The first-order chi connectivity index (χ1) is 12.0. The van der Waals surface area contributed by atoms with Crippen molar-refractivity contribution in [1.82, 2.24) is 5.32 Å². The number of carbonyl (C=O) groups excluding carboxylic acids is 2. The van der Waals surface area contributed by atoms with Gasteiger partial charge in [0.15, 0.2) is 6.61 Å². The lowest BCUT2D eigenvalue weighted by molar-refractivity contribution is -0.149. The van der Waals surface area contributed by atoms with E-state index in [-0.39, 0.29) is 30.9 Å². The highest BCUT2D eigenvalue weighted by Crippen LogP contribution is 2.15. The van der Waals surface area contributed by atoms with Gasteiger partial charge in [-0.15, -0.1) is 0 Å². The molecule has 0 aliphatic carbocycles. The normalized spacial score (nSPS) is 14.8. The van der Waals surface area contributed by atoms with Crippen LogP contribution in [-0.2, 0) is 30.2 Å². The van der Waals surface area contributed by atoms with Crippen molar-refractivity contribution in [3.05, 3.63) is 47.4 Å². The molecule has 0 unspecified atom stereocenters. The molecule has 0 fully saturated rings. The molecule has 0 radical (unpaired) electrons. The molecule has 0 spiro atoms. The molecular weight excluding hydrogens is 322 g/mol. The molecule has 1 N–H and O–H groups in total. The van der Waals surface area contributed by atoms with Gasteiger partial charge < -0.3 is 19.5 Å². The third-order valence-corrected chi connectivity index (χ3v) is 3.69. The number of hydrogen-bond donors (Lipinski definition) is 1. The van der Waals surface area contributed by atoms with Crippen LogP contribution in [-0.4, -0.2) is 31.7 Å². The van der Waals surface area contributed by atoms with Gasteiger partial charge in [0.25, 0.3) is 5.91 Å². The fourth-order valence-corrected chi connectivity index (χ4v) is 2.46. The zero-order chi connectivity index (χ0) is 18.2. The summed E-state index contributed by atoms with van der Waals surface area (Å²) in [7, 11) is 0. The predicted molar refractivity (Wildman–Crippen MR) is 92.5 cm³/mol. The lowest BCUT2D eigenvalue weighted by atomic mass is 10.00. The molecule has 1 aromatic rings. The Morgan fingerprint density at radius 2 is 1.88 bits per heavy atom. The first-order valence-corrected chi connectivity index (χ1v) is 8.45. The van der Waals surface area contributed by atoms with Gasteiger partial charge in [0.05, 0.1) is 6.04 Å². The molecule has 0 saturated heterocycles. The zero-order valence-electron chi connectivity index (χ0n) is 14.9. The van der Waals surface area contributed by atoms with E-state index in [4.69, 9.17) is 14.2 Å². The lowest BCUT2D eigenvalue weighted by Crippen LogP contribution is -2.31. The van der Waals surface area contributed by atoms with Crippen molar-refractivity contribution in [3.8, 4) is 0 Å². The molecule has 1 heterocycles. The predicted octanol–water partition coefficient (Wildman–Crippen LogP) is 2.49. The average Bonchev–Trinajstić information content (AvgIpc) is 2.60. The van der Waals surface area contributed by atoms with E-state index < -0.39 is 5.97 Å². The van der Waals surface area contributed by atoms with E-state index >= 15 is 0 Å². The number of esters is 1. The molecule has 136 valence electrons. The van der Waals surface area contributed by atoms with E-state index in [1.54, 1.807) is 0 Å². The Morgan fingerprint density at radius 3 is 2.48 bits per heavy atom. The highest BCUT2D eigenvalue weighted by Gasteiger charge is 2.18. The molecule has 0 aromatic heterocycles. The summed E-state index contributed by atoms with van der Waals surface area (Å²) in [6.07, 6.45) is 2.23. The summed E-state index contributed by atoms with van der Waals surface area (Å²) in [5.41, 5.74) is 2.27. The van der Waals surface area contributed by atoms with Crippen LogP contribution in [0.4, 0.5) is 0 Å². The Labute approximate surface area is 148 Å². The molecule has 6 heteroatoms. The van der Waals surface area contributed by atoms with Crippen molar-refractivity contribution in [3.63, 3.8) is 0 Å². The smallest absolute Gasteiger partial charge is 0.377 e. The molecule has 0 saturated carbocycles. The summed E-state index contributed by atoms with van der Waals surface area (Å²) in [6.45, 7) is 6.56. The first kappa shape index (κ1) is 18.8.